The number of hydrogen-bond donors (Lipinski definition) is 1. The highest BCUT2D eigenvalue weighted by molar-refractivity contribution is 6.35. The molecule has 2 heterocycles. The molecule has 30 heavy (non-hydrogen) atoms. The van der Waals surface area contributed by atoms with Gasteiger partial charge in [0, 0.05) is 36.1 Å². The molecule has 150 valence electrons. The van der Waals surface area contributed by atoms with Crippen molar-refractivity contribution in [3.63, 3.8) is 0 Å². The highest BCUT2D eigenvalue weighted by atomic mass is 35.5. The fourth-order valence-electron chi connectivity index (χ4n) is 3.16. The number of amides is 1. The predicted molar refractivity (Wildman–Crippen MR) is 116 cm³/mol. The van der Waals surface area contributed by atoms with Gasteiger partial charge in [0.2, 0.25) is 0 Å². The lowest BCUT2D eigenvalue weighted by Gasteiger charge is -2.24. The van der Waals surface area contributed by atoms with E-state index in [0.717, 1.165) is 0 Å². The zero-order valence-corrected chi connectivity index (χ0v) is 16.8. The molecule has 0 saturated heterocycles. The summed E-state index contributed by atoms with van der Waals surface area (Å²) in [6.45, 7) is 0. The smallest absolute Gasteiger partial charge is 0.415 e. The normalized spacial score (nSPS) is 11.8. The SMILES string of the molecule is CN(C(=O)OC(c1ccccn1)c1cc(Cl)c2cccnc2c1O)c1ccccc1. The first-order valence-corrected chi connectivity index (χ1v) is 9.60. The van der Waals surface area contributed by atoms with Crippen LogP contribution in [0.1, 0.15) is 17.4 Å². The molecule has 2 aromatic heterocycles. The number of pyridine rings is 2. The van der Waals surface area contributed by atoms with Crippen molar-refractivity contribution in [1.82, 2.24) is 9.97 Å². The van der Waals surface area contributed by atoms with Crippen molar-refractivity contribution in [3.8, 4) is 5.75 Å². The lowest BCUT2D eigenvalue weighted by molar-refractivity contribution is 0.121. The Bertz CT molecular complexity index is 1190. The quantitative estimate of drug-likeness (QED) is 0.482. The van der Waals surface area contributed by atoms with Gasteiger partial charge in [0.15, 0.2) is 6.10 Å². The van der Waals surface area contributed by atoms with Gasteiger partial charge in [0.25, 0.3) is 0 Å². The average Bonchev–Trinajstić information content (AvgIpc) is 2.80. The van der Waals surface area contributed by atoms with Gasteiger partial charge in [-0.1, -0.05) is 35.9 Å². The third kappa shape index (κ3) is 3.77. The molecule has 0 spiro atoms. The summed E-state index contributed by atoms with van der Waals surface area (Å²) in [4.78, 5) is 22.8. The van der Waals surface area contributed by atoms with Crippen molar-refractivity contribution < 1.29 is 14.6 Å². The molecule has 7 heteroatoms. The Balaban J connectivity index is 1.78. The maximum Gasteiger partial charge on any atom is 0.415 e. The number of aromatic nitrogens is 2. The molecule has 0 aliphatic rings. The van der Waals surface area contributed by atoms with E-state index >= 15 is 0 Å². The van der Waals surface area contributed by atoms with Crippen LogP contribution in [0.4, 0.5) is 10.5 Å². The van der Waals surface area contributed by atoms with Gasteiger partial charge in [-0.05, 0) is 42.5 Å². The maximum absolute atomic E-state index is 12.9. The Kier molecular flexibility index (Phi) is 5.50. The van der Waals surface area contributed by atoms with E-state index in [1.807, 2.05) is 18.2 Å². The summed E-state index contributed by atoms with van der Waals surface area (Å²) in [6, 6.07) is 19.4. The molecule has 0 radical (unpaired) electrons. The van der Waals surface area contributed by atoms with E-state index in [-0.39, 0.29) is 5.75 Å². The van der Waals surface area contributed by atoms with Crippen molar-refractivity contribution in [2.75, 3.05) is 11.9 Å². The Morgan fingerprint density at radius 1 is 1.03 bits per heavy atom. The first kappa shape index (κ1) is 19.7. The van der Waals surface area contributed by atoms with E-state index in [0.29, 0.717) is 32.9 Å². The summed E-state index contributed by atoms with van der Waals surface area (Å²) < 4.78 is 5.80. The second-order valence-electron chi connectivity index (χ2n) is 6.61. The number of nitrogens with zero attached hydrogens (tertiary/aromatic N) is 3. The lowest BCUT2D eigenvalue weighted by atomic mass is 10.0. The Hall–Kier alpha value is -3.64. The number of fused-ring (bicyclic) bond motifs is 1. The number of halogens is 1. The number of ether oxygens (including phenoxy) is 1. The van der Waals surface area contributed by atoms with Crippen LogP contribution in [-0.2, 0) is 4.74 Å². The summed E-state index contributed by atoms with van der Waals surface area (Å²) >= 11 is 6.44. The standard InChI is InChI=1S/C23H18ClN3O3/c1-27(15-8-3-2-4-9-15)23(29)30-22(19-11-5-6-12-25-19)17-14-18(24)16-10-7-13-26-20(16)21(17)28/h2-14,22,28H,1H3. The molecule has 0 fully saturated rings. The number of phenolic OH excluding ortho intramolecular Hbond substituents is 1. The molecule has 1 atom stereocenters. The van der Waals surface area contributed by atoms with Crippen LogP contribution in [0, 0.1) is 0 Å². The number of para-hydroxylation sites is 1. The molecule has 1 N–H and O–H groups in total. The minimum atomic E-state index is -0.978. The number of carbonyl (C=O) groups excluding carboxylic acids is 1. The highest BCUT2D eigenvalue weighted by Crippen LogP contribution is 2.39. The molecule has 6 nitrogen and oxygen atoms in total. The summed E-state index contributed by atoms with van der Waals surface area (Å²) in [5.74, 6) is -0.110. The van der Waals surface area contributed by atoms with E-state index in [2.05, 4.69) is 9.97 Å². The monoisotopic (exact) mass is 419 g/mol. The van der Waals surface area contributed by atoms with Crippen LogP contribution in [0.2, 0.25) is 5.02 Å². The molecule has 4 rings (SSSR count). The summed E-state index contributed by atoms with van der Waals surface area (Å²) in [5, 5.41) is 11.9. The van der Waals surface area contributed by atoms with Gasteiger partial charge in [-0.15, -0.1) is 0 Å². The molecule has 0 saturated carbocycles. The molecule has 2 aromatic carbocycles. The van der Waals surface area contributed by atoms with Crippen LogP contribution >= 0.6 is 11.6 Å². The first-order valence-electron chi connectivity index (χ1n) is 9.22. The number of carbonyl (C=O) groups is 1. The van der Waals surface area contributed by atoms with E-state index in [4.69, 9.17) is 16.3 Å². The van der Waals surface area contributed by atoms with E-state index in [1.54, 1.807) is 68.0 Å². The average molecular weight is 420 g/mol. The van der Waals surface area contributed by atoms with Crippen molar-refractivity contribution in [2.24, 2.45) is 0 Å². The third-order valence-corrected chi connectivity index (χ3v) is 5.03. The van der Waals surface area contributed by atoms with Crippen LogP contribution in [-0.4, -0.2) is 28.2 Å². The minimum absolute atomic E-state index is 0.110. The largest absolute Gasteiger partial charge is 0.505 e. The zero-order valence-electron chi connectivity index (χ0n) is 16.1. The van der Waals surface area contributed by atoms with Gasteiger partial charge in [0.1, 0.15) is 11.3 Å². The second kappa shape index (κ2) is 8.39. The fourth-order valence-corrected chi connectivity index (χ4v) is 3.43. The van der Waals surface area contributed by atoms with Crippen LogP contribution in [0.3, 0.4) is 0 Å². The number of hydrogen-bond acceptors (Lipinski definition) is 5. The predicted octanol–water partition coefficient (Wildman–Crippen LogP) is 5.35. The number of rotatable bonds is 4. The first-order chi connectivity index (χ1) is 14.6. The Labute approximate surface area is 178 Å². The van der Waals surface area contributed by atoms with Gasteiger partial charge in [-0.3, -0.25) is 14.9 Å². The molecule has 0 bridgehead atoms. The van der Waals surface area contributed by atoms with Crippen LogP contribution < -0.4 is 4.90 Å². The van der Waals surface area contributed by atoms with Gasteiger partial charge in [-0.25, -0.2) is 4.79 Å². The van der Waals surface area contributed by atoms with Gasteiger partial charge in [0.05, 0.1) is 10.7 Å². The van der Waals surface area contributed by atoms with E-state index in [1.165, 1.54) is 4.90 Å². The third-order valence-electron chi connectivity index (χ3n) is 4.72. The Morgan fingerprint density at radius 2 is 1.77 bits per heavy atom. The maximum atomic E-state index is 12.9. The molecular weight excluding hydrogens is 402 g/mol. The van der Waals surface area contributed by atoms with Crippen molar-refractivity contribution >= 4 is 34.3 Å². The zero-order chi connectivity index (χ0) is 21.1. The second-order valence-corrected chi connectivity index (χ2v) is 7.02. The molecule has 0 aliphatic carbocycles. The molecule has 1 unspecified atom stereocenters. The van der Waals surface area contributed by atoms with Crippen LogP contribution in [0.25, 0.3) is 10.9 Å². The molecular formula is C23H18ClN3O3. The van der Waals surface area contributed by atoms with E-state index in [9.17, 15) is 9.90 Å². The molecule has 4 aromatic rings. The number of benzene rings is 2. The van der Waals surface area contributed by atoms with Crippen LogP contribution in [0.5, 0.6) is 5.75 Å². The van der Waals surface area contributed by atoms with Gasteiger partial charge < -0.3 is 9.84 Å². The van der Waals surface area contributed by atoms with Crippen LogP contribution in [0.15, 0.2) is 79.1 Å². The molecule has 0 aliphatic heterocycles. The topological polar surface area (TPSA) is 75.6 Å². The van der Waals surface area contributed by atoms with E-state index < -0.39 is 12.2 Å². The number of aromatic hydroxyl groups is 1. The summed E-state index contributed by atoms with van der Waals surface area (Å²) in [6.07, 6.45) is 1.57. The van der Waals surface area contributed by atoms with Gasteiger partial charge in [-0.2, -0.15) is 0 Å². The molecule has 1 amide bonds. The minimum Gasteiger partial charge on any atom is -0.505 e. The summed E-state index contributed by atoms with van der Waals surface area (Å²) in [5.41, 5.74) is 1.76. The number of anilines is 1. The van der Waals surface area contributed by atoms with Gasteiger partial charge >= 0.3 is 6.09 Å². The van der Waals surface area contributed by atoms with Crippen molar-refractivity contribution in [2.45, 2.75) is 6.10 Å². The van der Waals surface area contributed by atoms with Crippen molar-refractivity contribution in [1.29, 1.82) is 0 Å². The Morgan fingerprint density at radius 3 is 2.50 bits per heavy atom. The lowest BCUT2D eigenvalue weighted by Crippen LogP contribution is -2.29. The highest BCUT2D eigenvalue weighted by Gasteiger charge is 2.27. The number of phenols is 1. The van der Waals surface area contributed by atoms with Crippen molar-refractivity contribution in [3.05, 3.63) is 95.4 Å². The fraction of sp³-hybridized carbons (Fsp3) is 0.0870. The summed E-state index contributed by atoms with van der Waals surface area (Å²) in [7, 11) is 1.61.